The van der Waals surface area contributed by atoms with Crippen LogP contribution in [0.3, 0.4) is 0 Å². The van der Waals surface area contributed by atoms with Gasteiger partial charge in [0.1, 0.15) is 5.75 Å². The van der Waals surface area contributed by atoms with Crippen LogP contribution < -0.4 is 15.4 Å². The summed E-state index contributed by atoms with van der Waals surface area (Å²) in [6.45, 7) is 2.45. The number of carbonyl (C=O) groups excluding carboxylic acids is 1. The second kappa shape index (κ2) is 8.51. The van der Waals surface area contributed by atoms with Gasteiger partial charge in [-0.3, -0.25) is 4.79 Å². The third-order valence-electron chi connectivity index (χ3n) is 3.86. The van der Waals surface area contributed by atoms with E-state index in [1.165, 1.54) is 0 Å². The standard InChI is InChI=1S/C20H19ClN4O2/c1-13-4-3-5-14(10-13)12-22-20(26)17-7-9-19(25-24-17)23-15-6-8-18(27-2)16(21)11-15/h3-11H,12H2,1-2H3,(H,22,26)(H,23,25). The maximum atomic E-state index is 12.2. The molecular formula is C20H19ClN4O2. The minimum absolute atomic E-state index is 0.251. The first-order chi connectivity index (χ1) is 13.0. The fraction of sp³-hybridized carbons (Fsp3) is 0.150. The lowest BCUT2D eigenvalue weighted by molar-refractivity contribution is 0.0945. The van der Waals surface area contributed by atoms with E-state index >= 15 is 0 Å². The van der Waals surface area contributed by atoms with Gasteiger partial charge in [-0.05, 0) is 42.8 Å². The number of aryl methyl sites for hydroxylation is 1. The van der Waals surface area contributed by atoms with Gasteiger partial charge in [-0.2, -0.15) is 0 Å². The predicted octanol–water partition coefficient (Wildman–Crippen LogP) is 4.12. The largest absolute Gasteiger partial charge is 0.495 e. The second-order valence-corrected chi connectivity index (χ2v) is 6.36. The predicted molar refractivity (Wildman–Crippen MR) is 106 cm³/mol. The highest BCUT2D eigenvalue weighted by Crippen LogP contribution is 2.28. The molecule has 0 saturated carbocycles. The van der Waals surface area contributed by atoms with E-state index in [0.29, 0.717) is 23.1 Å². The van der Waals surface area contributed by atoms with Crippen molar-refractivity contribution in [2.75, 3.05) is 12.4 Å². The number of amides is 1. The van der Waals surface area contributed by atoms with Crippen molar-refractivity contribution in [2.24, 2.45) is 0 Å². The molecule has 3 aromatic rings. The van der Waals surface area contributed by atoms with Gasteiger partial charge in [0, 0.05) is 12.2 Å². The van der Waals surface area contributed by atoms with Crippen LogP contribution in [0.1, 0.15) is 21.6 Å². The fourth-order valence-corrected chi connectivity index (χ4v) is 2.76. The van der Waals surface area contributed by atoms with E-state index in [0.717, 1.165) is 16.8 Å². The molecule has 0 saturated heterocycles. The molecule has 0 aliphatic rings. The Hall–Kier alpha value is -3.12. The van der Waals surface area contributed by atoms with Crippen molar-refractivity contribution in [1.29, 1.82) is 0 Å². The molecule has 0 aliphatic heterocycles. The zero-order chi connectivity index (χ0) is 19.2. The lowest BCUT2D eigenvalue weighted by Crippen LogP contribution is -2.24. The minimum atomic E-state index is -0.275. The van der Waals surface area contributed by atoms with E-state index in [4.69, 9.17) is 16.3 Å². The number of halogens is 1. The summed E-state index contributed by atoms with van der Waals surface area (Å²) in [5, 5.41) is 14.4. The van der Waals surface area contributed by atoms with Crippen molar-refractivity contribution < 1.29 is 9.53 Å². The number of methoxy groups -OCH3 is 1. The van der Waals surface area contributed by atoms with Crippen LogP contribution in [0, 0.1) is 6.92 Å². The number of rotatable bonds is 6. The molecule has 2 N–H and O–H groups in total. The molecule has 27 heavy (non-hydrogen) atoms. The highest BCUT2D eigenvalue weighted by molar-refractivity contribution is 6.32. The molecule has 0 atom stereocenters. The van der Waals surface area contributed by atoms with Gasteiger partial charge in [-0.25, -0.2) is 0 Å². The zero-order valence-electron chi connectivity index (χ0n) is 15.0. The van der Waals surface area contributed by atoms with Crippen molar-refractivity contribution in [3.63, 3.8) is 0 Å². The highest BCUT2D eigenvalue weighted by atomic mass is 35.5. The van der Waals surface area contributed by atoms with Gasteiger partial charge in [-0.15, -0.1) is 10.2 Å². The third kappa shape index (κ3) is 4.95. The van der Waals surface area contributed by atoms with E-state index < -0.39 is 0 Å². The Kier molecular flexibility index (Phi) is 5.88. The Morgan fingerprint density at radius 1 is 1.11 bits per heavy atom. The SMILES string of the molecule is COc1ccc(Nc2ccc(C(=O)NCc3cccc(C)c3)nn2)cc1Cl. The molecule has 0 fully saturated rings. The van der Waals surface area contributed by atoms with Crippen LogP contribution in [0.4, 0.5) is 11.5 Å². The Labute approximate surface area is 162 Å². The molecular weight excluding hydrogens is 364 g/mol. The van der Waals surface area contributed by atoms with Crippen molar-refractivity contribution in [2.45, 2.75) is 13.5 Å². The average Bonchev–Trinajstić information content (AvgIpc) is 2.67. The van der Waals surface area contributed by atoms with Crippen LogP contribution >= 0.6 is 11.6 Å². The van der Waals surface area contributed by atoms with Gasteiger partial charge in [0.2, 0.25) is 0 Å². The van der Waals surface area contributed by atoms with Crippen LogP contribution in [0.5, 0.6) is 5.75 Å². The Morgan fingerprint density at radius 3 is 2.63 bits per heavy atom. The molecule has 2 aromatic carbocycles. The molecule has 1 aromatic heterocycles. The summed E-state index contributed by atoms with van der Waals surface area (Å²) in [4.78, 5) is 12.2. The number of aromatic nitrogens is 2. The van der Waals surface area contributed by atoms with Crippen molar-refractivity contribution >= 4 is 29.0 Å². The molecule has 6 nitrogen and oxygen atoms in total. The number of anilines is 2. The smallest absolute Gasteiger partial charge is 0.272 e. The van der Waals surface area contributed by atoms with Crippen molar-refractivity contribution in [1.82, 2.24) is 15.5 Å². The van der Waals surface area contributed by atoms with Gasteiger partial charge in [0.15, 0.2) is 11.5 Å². The molecule has 7 heteroatoms. The third-order valence-corrected chi connectivity index (χ3v) is 4.15. The maximum absolute atomic E-state index is 12.2. The summed E-state index contributed by atoms with van der Waals surface area (Å²) in [6.07, 6.45) is 0. The number of ether oxygens (including phenoxy) is 1. The fourth-order valence-electron chi connectivity index (χ4n) is 2.51. The van der Waals surface area contributed by atoms with Gasteiger partial charge in [0.05, 0.1) is 12.1 Å². The number of hydrogen-bond donors (Lipinski definition) is 2. The first-order valence-electron chi connectivity index (χ1n) is 8.33. The summed E-state index contributed by atoms with van der Waals surface area (Å²) >= 11 is 6.10. The summed E-state index contributed by atoms with van der Waals surface area (Å²) in [7, 11) is 1.56. The monoisotopic (exact) mass is 382 g/mol. The van der Waals surface area contributed by atoms with E-state index in [1.807, 2.05) is 37.3 Å². The van der Waals surface area contributed by atoms with Crippen molar-refractivity contribution in [3.8, 4) is 5.75 Å². The zero-order valence-corrected chi connectivity index (χ0v) is 15.7. The van der Waals surface area contributed by atoms with Gasteiger partial charge in [0.25, 0.3) is 5.91 Å². The number of carbonyl (C=O) groups is 1. The summed E-state index contributed by atoms with van der Waals surface area (Å²) in [5.41, 5.74) is 3.18. The Balaban J connectivity index is 1.61. The van der Waals surface area contributed by atoms with E-state index in [2.05, 4.69) is 20.8 Å². The normalized spacial score (nSPS) is 10.3. The molecule has 0 unspecified atom stereocenters. The summed E-state index contributed by atoms with van der Waals surface area (Å²) in [5.74, 6) is 0.823. The average molecular weight is 383 g/mol. The Bertz CT molecular complexity index is 945. The quantitative estimate of drug-likeness (QED) is 0.670. The molecule has 0 aliphatic carbocycles. The van der Waals surface area contributed by atoms with Crippen LogP contribution in [-0.4, -0.2) is 23.2 Å². The van der Waals surface area contributed by atoms with E-state index in [-0.39, 0.29) is 11.6 Å². The lowest BCUT2D eigenvalue weighted by atomic mass is 10.1. The van der Waals surface area contributed by atoms with Crippen molar-refractivity contribution in [3.05, 3.63) is 76.4 Å². The molecule has 0 bridgehead atoms. The number of benzene rings is 2. The number of nitrogens with zero attached hydrogens (tertiary/aromatic N) is 2. The molecule has 138 valence electrons. The first-order valence-corrected chi connectivity index (χ1v) is 8.71. The number of hydrogen-bond acceptors (Lipinski definition) is 5. The maximum Gasteiger partial charge on any atom is 0.272 e. The van der Waals surface area contributed by atoms with Gasteiger partial charge in [-0.1, -0.05) is 41.4 Å². The van der Waals surface area contributed by atoms with E-state index in [1.54, 1.807) is 31.4 Å². The van der Waals surface area contributed by atoms with Crippen LogP contribution in [-0.2, 0) is 6.54 Å². The molecule has 0 spiro atoms. The van der Waals surface area contributed by atoms with E-state index in [9.17, 15) is 4.79 Å². The summed E-state index contributed by atoms with van der Waals surface area (Å²) in [6, 6.07) is 16.6. The van der Waals surface area contributed by atoms with Gasteiger partial charge < -0.3 is 15.4 Å². The van der Waals surface area contributed by atoms with Crippen LogP contribution in [0.15, 0.2) is 54.6 Å². The minimum Gasteiger partial charge on any atom is -0.495 e. The molecule has 1 amide bonds. The number of nitrogens with one attached hydrogen (secondary N) is 2. The summed E-state index contributed by atoms with van der Waals surface area (Å²) < 4.78 is 5.12. The molecule has 0 radical (unpaired) electrons. The van der Waals surface area contributed by atoms with Crippen LogP contribution in [0.2, 0.25) is 5.02 Å². The second-order valence-electron chi connectivity index (χ2n) is 5.95. The lowest BCUT2D eigenvalue weighted by Gasteiger charge is -2.09. The topological polar surface area (TPSA) is 76.1 Å². The first kappa shape index (κ1) is 18.7. The Morgan fingerprint density at radius 2 is 1.96 bits per heavy atom. The highest BCUT2D eigenvalue weighted by Gasteiger charge is 2.09. The van der Waals surface area contributed by atoms with Crippen LogP contribution in [0.25, 0.3) is 0 Å². The molecule has 1 heterocycles. The van der Waals surface area contributed by atoms with Gasteiger partial charge >= 0.3 is 0 Å². The molecule has 3 rings (SSSR count).